The van der Waals surface area contributed by atoms with Crippen LogP contribution in [0.1, 0.15) is 94.1 Å². The number of nitrogens with one attached hydrogen (secondary N) is 1. The molecule has 0 amide bonds. The van der Waals surface area contributed by atoms with E-state index in [1.54, 1.807) is 53.9 Å². The molecule has 4 heterocycles. The van der Waals surface area contributed by atoms with Gasteiger partial charge in [0.15, 0.2) is 12.6 Å². The number of aromatic nitrogens is 2. The lowest BCUT2D eigenvalue weighted by Crippen LogP contribution is -2.65. The summed E-state index contributed by atoms with van der Waals surface area (Å²) >= 11 is 0. The van der Waals surface area contributed by atoms with Crippen LogP contribution in [-0.2, 0) is 49.2 Å². The minimum Gasteiger partial charge on any atom is -0.459 e. The van der Waals surface area contributed by atoms with Gasteiger partial charge in [-0.1, -0.05) is 27.7 Å². The van der Waals surface area contributed by atoms with Crippen LogP contribution in [0.15, 0.2) is 12.4 Å². The van der Waals surface area contributed by atoms with Gasteiger partial charge in [0.05, 0.1) is 66.5 Å². The van der Waals surface area contributed by atoms with E-state index in [0.29, 0.717) is 13.0 Å². The number of cyclic esters (lactones) is 1. The Hall–Kier alpha value is -2.13. The molecular weight excluding hydrogens is 770 g/mol. The molecule has 0 spiro atoms. The predicted octanol–water partition coefficient (Wildman–Crippen LogP) is 1.75. The Morgan fingerprint density at radius 1 is 0.915 bits per heavy atom. The number of ketones is 1. The maximum Gasteiger partial charge on any atom is 0.311 e. The van der Waals surface area contributed by atoms with E-state index in [9.17, 15) is 35.1 Å². The van der Waals surface area contributed by atoms with E-state index in [4.69, 9.17) is 33.2 Å². The fourth-order valence-corrected chi connectivity index (χ4v) is 9.43. The van der Waals surface area contributed by atoms with E-state index in [1.807, 2.05) is 25.9 Å². The second kappa shape index (κ2) is 19.9. The zero-order valence-electron chi connectivity index (χ0n) is 37.2. The number of carbonyl (C=O) groups excluding carboxylic acids is 2. The summed E-state index contributed by atoms with van der Waals surface area (Å²) in [6.45, 7) is 16.5. The molecule has 0 aliphatic carbocycles. The number of aromatic amines is 1. The summed E-state index contributed by atoms with van der Waals surface area (Å²) in [7, 11) is 5.10. The molecule has 3 aliphatic heterocycles. The monoisotopic (exact) mass is 844 g/mol. The maximum atomic E-state index is 14.3. The average Bonchev–Trinajstić information content (AvgIpc) is 3.69. The van der Waals surface area contributed by atoms with E-state index < -0.39 is 126 Å². The molecule has 3 saturated heterocycles. The lowest BCUT2D eigenvalue weighted by Gasteiger charge is -2.50. The fourth-order valence-electron chi connectivity index (χ4n) is 9.43. The Morgan fingerprint density at radius 3 is 2.15 bits per heavy atom. The summed E-state index contributed by atoms with van der Waals surface area (Å²) in [4.78, 5) is 30.1. The highest BCUT2D eigenvalue weighted by Crippen LogP contribution is 2.41. The molecule has 17 heteroatoms. The topological polar surface area (TPSA) is 232 Å². The molecule has 4 rings (SSSR count). The number of likely N-dealkylation sites (N-methyl/N-ethyl adjacent to an activating group) is 1. The van der Waals surface area contributed by atoms with Crippen molar-refractivity contribution in [1.82, 2.24) is 15.1 Å². The van der Waals surface area contributed by atoms with Crippen molar-refractivity contribution in [1.29, 1.82) is 0 Å². The summed E-state index contributed by atoms with van der Waals surface area (Å²) in [5.41, 5.74) is -4.01. The Kier molecular flexibility index (Phi) is 16.7. The standard InChI is InChI=1S/C42H73N3O14/c1-14-28-42(10,52)35(48)22(3)31(46)21(2)17-40(8,51)37(23(4)33(24(5)38(50)57-28)58-29-18-41(9,53-13)36(49)26(7)55-29)59-39-32(47)30(45(11)12)34(25(6)56-39)54-16-15-27-19-43-44-20-27/h19-26,28-30,32-37,39,47-49,51-52H,14-18H2,1-13H3,(H,43,44)/t21-,22+,23+,24-,25-,26+,28-,29+,30-,32-,33+,34-,35-,36+,37-,39+,40-,41-,42-/m1/s1. The van der Waals surface area contributed by atoms with Crippen molar-refractivity contribution in [3.8, 4) is 0 Å². The van der Waals surface area contributed by atoms with Crippen LogP contribution in [0.3, 0.4) is 0 Å². The molecule has 0 radical (unpaired) electrons. The molecule has 17 nitrogen and oxygen atoms in total. The summed E-state index contributed by atoms with van der Waals surface area (Å²) in [6.07, 6.45) is -7.73. The van der Waals surface area contributed by atoms with Crippen molar-refractivity contribution in [2.45, 2.75) is 185 Å². The normalized spacial score (nSPS) is 45.9. The minimum absolute atomic E-state index is 0.0677. The van der Waals surface area contributed by atoms with Gasteiger partial charge in [-0.3, -0.25) is 14.7 Å². The van der Waals surface area contributed by atoms with Crippen LogP contribution < -0.4 is 0 Å². The first-order valence-corrected chi connectivity index (χ1v) is 21.1. The average molecular weight is 844 g/mol. The van der Waals surface area contributed by atoms with Crippen molar-refractivity contribution in [3.05, 3.63) is 18.0 Å². The van der Waals surface area contributed by atoms with Gasteiger partial charge in [-0.05, 0) is 80.5 Å². The third-order valence-corrected chi connectivity index (χ3v) is 13.2. The Balaban J connectivity index is 1.78. The highest BCUT2D eigenvalue weighted by molar-refractivity contribution is 5.83. The highest BCUT2D eigenvalue weighted by Gasteiger charge is 2.54. The van der Waals surface area contributed by atoms with Crippen LogP contribution >= 0.6 is 0 Å². The maximum absolute atomic E-state index is 14.3. The van der Waals surface area contributed by atoms with Crippen molar-refractivity contribution < 1.29 is 68.3 Å². The largest absolute Gasteiger partial charge is 0.459 e. The molecule has 0 aromatic carbocycles. The van der Waals surface area contributed by atoms with E-state index in [2.05, 4.69) is 10.2 Å². The smallest absolute Gasteiger partial charge is 0.311 e. The molecular formula is C42H73N3O14. The first-order valence-electron chi connectivity index (χ1n) is 21.1. The van der Waals surface area contributed by atoms with Gasteiger partial charge < -0.3 is 63.6 Å². The van der Waals surface area contributed by atoms with Gasteiger partial charge in [0, 0.05) is 37.5 Å². The second-order valence-corrected chi connectivity index (χ2v) is 18.2. The Bertz CT molecular complexity index is 1500. The molecule has 0 unspecified atom stereocenters. The fraction of sp³-hybridized carbons (Fsp3) is 0.881. The number of carbonyl (C=O) groups is 2. The lowest BCUT2D eigenvalue weighted by molar-refractivity contribution is -0.329. The molecule has 0 bridgehead atoms. The van der Waals surface area contributed by atoms with Crippen LogP contribution in [0, 0.1) is 23.7 Å². The third-order valence-electron chi connectivity index (χ3n) is 13.2. The van der Waals surface area contributed by atoms with Crippen LogP contribution in [0.4, 0.5) is 0 Å². The summed E-state index contributed by atoms with van der Waals surface area (Å²) in [6, 6.07) is -0.621. The number of aliphatic hydroxyl groups excluding tert-OH is 3. The van der Waals surface area contributed by atoms with Gasteiger partial charge in [-0.2, -0.15) is 5.10 Å². The SMILES string of the molecule is CC[C@H]1OC(=O)[C@H](C)[C@@H](O[C@H]2C[C@@](C)(OC)[C@@H](O)[C@H](C)O2)[C@H](C)[C@@H](O[C@@H]2O[C@H](C)[C@@H](OCCc3cn[nH]c3)[C@H](N(C)C)[C@H]2O)[C@](C)(O)C[C@@H](C)C(=O)[C@H](C)[C@@H](O)[C@]1(C)O. The first kappa shape index (κ1) is 49.5. The molecule has 1 aromatic heterocycles. The van der Waals surface area contributed by atoms with Crippen molar-refractivity contribution in [3.63, 3.8) is 0 Å². The molecule has 340 valence electrons. The highest BCUT2D eigenvalue weighted by atomic mass is 16.7. The number of hydrogen-bond donors (Lipinski definition) is 6. The zero-order chi connectivity index (χ0) is 44.4. The van der Waals surface area contributed by atoms with E-state index in [0.717, 1.165) is 5.56 Å². The quantitative estimate of drug-likeness (QED) is 0.174. The summed E-state index contributed by atoms with van der Waals surface area (Å²) in [5.74, 6) is -5.20. The number of esters is 1. The lowest BCUT2D eigenvalue weighted by atomic mass is 9.74. The third kappa shape index (κ3) is 10.9. The van der Waals surface area contributed by atoms with E-state index in [-0.39, 0.29) is 19.3 Å². The van der Waals surface area contributed by atoms with Gasteiger partial charge in [-0.25, -0.2) is 0 Å². The van der Waals surface area contributed by atoms with Crippen LogP contribution in [0.5, 0.6) is 0 Å². The minimum atomic E-state index is -2.02. The van der Waals surface area contributed by atoms with Crippen molar-refractivity contribution in [2.75, 3.05) is 27.8 Å². The summed E-state index contributed by atoms with van der Waals surface area (Å²) < 4.78 is 44.0. The van der Waals surface area contributed by atoms with Crippen LogP contribution in [0.25, 0.3) is 0 Å². The number of methoxy groups -OCH3 is 1. The number of ether oxygens (including phenoxy) is 7. The van der Waals surface area contributed by atoms with E-state index >= 15 is 0 Å². The number of H-pyrrole nitrogens is 1. The van der Waals surface area contributed by atoms with Crippen LogP contribution in [0.2, 0.25) is 0 Å². The number of Topliss-reactive ketones (excluding diaryl/α,β-unsaturated/α-hetero) is 1. The molecule has 19 atom stereocenters. The Labute approximate surface area is 349 Å². The molecule has 59 heavy (non-hydrogen) atoms. The van der Waals surface area contributed by atoms with Gasteiger partial charge in [0.25, 0.3) is 0 Å². The molecule has 0 saturated carbocycles. The Morgan fingerprint density at radius 2 is 1.58 bits per heavy atom. The number of hydrogen-bond acceptors (Lipinski definition) is 16. The first-order chi connectivity index (χ1) is 27.4. The molecule has 3 aliphatic rings. The number of aliphatic hydroxyl groups is 5. The second-order valence-electron chi connectivity index (χ2n) is 18.2. The summed E-state index contributed by atoms with van der Waals surface area (Å²) in [5, 5.41) is 65.5. The number of nitrogens with zero attached hydrogens (tertiary/aromatic N) is 2. The van der Waals surface area contributed by atoms with Gasteiger partial charge in [0.1, 0.15) is 35.8 Å². The molecule has 6 N–H and O–H groups in total. The van der Waals surface area contributed by atoms with Crippen molar-refractivity contribution >= 4 is 11.8 Å². The number of rotatable bonds is 11. The predicted molar refractivity (Wildman–Crippen MR) is 214 cm³/mol. The van der Waals surface area contributed by atoms with Crippen LogP contribution in [-0.4, -0.2) is 171 Å². The van der Waals surface area contributed by atoms with Crippen molar-refractivity contribution in [2.24, 2.45) is 23.7 Å². The zero-order valence-corrected chi connectivity index (χ0v) is 37.2. The van der Waals surface area contributed by atoms with E-state index in [1.165, 1.54) is 27.9 Å². The van der Waals surface area contributed by atoms with Gasteiger partial charge >= 0.3 is 5.97 Å². The molecule has 3 fully saturated rings. The molecule has 1 aromatic rings. The van der Waals surface area contributed by atoms with Gasteiger partial charge in [-0.15, -0.1) is 0 Å². The van der Waals surface area contributed by atoms with Gasteiger partial charge in [0.2, 0.25) is 0 Å².